The summed E-state index contributed by atoms with van der Waals surface area (Å²) in [6.07, 6.45) is 1.10. The second kappa shape index (κ2) is 11.6. The molecule has 0 aromatic carbocycles. The SMILES string of the molecule is Br.Br.CN(C)CCCN. The first-order valence-electron chi connectivity index (χ1n) is 2.62. The van der Waals surface area contributed by atoms with Crippen molar-refractivity contribution in [3.63, 3.8) is 0 Å². The molecule has 60 valence electrons. The van der Waals surface area contributed by atoms with Crippen LogP contribution in [0.15, 0.2) is 0 Å². The highest BCUT2D eigenvalue weighted by Gasteiger charge is 1.83. The van der Waals surface area contributed by atoms with Crippen LogP contribution in [0.5, 0.6) is 0 Å². The lowest BCUT2D eigenvalue weighted by Crippen LogP contribution is -2.16. The van der Waals surface area contributed by atoms with Crippen LogP contribution in [0, 0.1) is 0 Å². The lowest BCUT2D eigenvalue weighted by Gasteiger charge is -2.05. The minimum absolute atomic E-state index is 0. The second-order valence-electron chi connectivity index (χ2n) is 1.95. The smallest absolute Gasteiger partial charge is 0.00128 e. The number of halogens is 2. The Kier molecular flexibility index (Phi) is 21.3. The van der Waals surface area contributed by atoms with Crippen LogP contribution in [0.25, 0.3) is 0 Å². The summed E-state index contributed by atoms with van der Waals surface area (Å²) in [4.78, 5) is 2.13. The van der Waals surface area contributed by atoms with Crippen LogP contribution in [-0.2, 0) is 0 Å². The van der Waals surface area contributed by atoms with Crippen molar-refractivity contribution in [2.75, 3.05) is 27.2 Å². The quantitative estimate of drug-likeness (QED) is 0.825. The fourth-order valence-corrected chi connectivity index (χ4v) is 0.408. The van der Waals surface area contributed by atoms with Gasteiger partial charge in [0.2, 0.25) is 0 Å². The fraction of sp³-hybridized carbons (Fsp3) is 1.00. The van der Waals surface area contributed by atoms with Crippen LogP contribution in [0.2, 0.25) is 0 Å². The normalized spacial score (nSPS) is 8.00. The number of hydrogen-bond donors (Lipinski definition) is 1. The summed E-state index contributed by atoms with van der Waals surface area (Å²) in [6.45, 7) is 1.91. The fourth-order valence-electron chi connectivity index (χ4n) is 0.408. The van der Waals surface area contributed by atoms with Gasteiger partial charge in [-0.25, -0.2) is 0 Å². The Morgan fingerprint density at radius 2 is 1.67 bits per heavy atom. The molecule has 0 unspecified atom stereocenters. The van der Waals surface area contributed by atoms with Gasteiger partial charge in [0, 0.05) is 0 Å². The summed E-state index contributed by atoms with van der Waals surface area (Å²) < 4.78 is 0. The van der Waals surface area contributed by atoms with Crippen LogP contribution in [-0.4, -0.2) is 32.1 Å². The van der Waals surface area contributed by atoms with E-state index >= 15 is 0 Å². The van der Waals surface area contributed by atoms with E-state index in [1.54, 1.807) is 0 Å². The molecule has 0 rings (SSSR count). The molecule has 0 aromatic rings. The molecule has 0 fully saturated rings. The number of nitrogens with zero attached hydrogens (tertiary/aromatic N) is 1. The van der Waals surface area contributed by atoms with E-state index in [4.69, 9.17) is 5.73 Å². The summed E-state index contributed by atoms with van der Waals surface area (Å²) in [7, 11) is 4.10. The highest BCUT2D eigenvalue weighted by Crippen LogP contribution is 1.76. The molecule has 0 saturated carbocycles. The maximum atomic E-state index is 5.25. The van der Waals surface area contributed by atoms with E-state index in [1.807, 2.05) is 0 Å². The van der Waals surface area contributed by atoms with Gasteiger partial charge in [0.25, 0.3) is 0 Å². The third kappa shape index (κ3) is 17.7. The molecule has 0 heterocycles. The van der Waals surface area contributed by atoms with Crippen molar-refractivity contribution in [3.8, 4) is 0 Å². The van der Waals surface area contributed by atoms with Gasteiger partial charge >= 0.3 is 0 Å². The Labute approximate surface area is 78.3 Å². The van der Waals surface area contributed by atoms with Crippen molar-refractivity contribution < 1.29 is 0 Å². The van der Waals surface area contributed by atoms with E-state index < -0.39 is 0 Å². The van der Waals surface area contributed by atoms with Crippen molar-refractivity contribution in [2.45, 2.75) is 6.42 Å². The first-order chi connectivity index (χ1) is 3.27. The van der Waals surface area contributed by atoms with Gasteiger partial charge in [-0.1, -0.05) is 0 Å². The van der Waals surface area contributed by atoms with Crippen molar-refractivity contribution in [2.24, 2.45) is 5.73 Å². The Morgan fingerprint density at radius 1 is 1.22 bits per heavy atom. The molecule has 0 spiro atoms. The average Bonchev–Trinajstić information content (AvgIpc) is 1.61. The molecule has 0 aromatic heterocycles. The summed E-state index contributed by atoms with van der Waals surface area (Å²) in [5.74, 6) is 0. The van der Waals surface area contributed by atoms with E-state index in [2.05, 4.69) is 19.0 Å². The predicted octanol–water partition coefficient (Wildman–Crippen LogP) is 1.05. The van der Waals surface area contributed by atoms with Crippen LogP contribution in [0.3, 0.4) is 0 Å². The summed E-state index contributed by atoms with van der Waals surface area (Å²) in [5, 5.41) is 0. The monoisotopic (exact) mass is 262 g/mol. The average molecular weight is 264 g/mol. The molecule has 0 bridgehead atoms. The molecule has 2 nitrogen and oxygen atoms in total. The third-order valence-corrected chi connectivity index (χ3v) is 0.809. The maximum absolute atomic E-state index is 5.25. The molecule has 0 atom stereocenters. The van der Waals surface area contributed by atoms with Gasteiger partial charge in [0.05, 0.1) is 0 Å². The zero-order valence-corrected chi connectivity index (χ0v) is 9.39. The second-order valence-corrected chi connectivity index (χ2v) is 1.95. The molecule has 0 aliphatic heterocycles. The summed E-state index contributed by atoms with van der Waals surface area (Å²) >= 11 is 0. The number of nitrogens with two attached hydrogens (primary N) is 1. The van der Waals surface area contributed by atoms with E-state index in [0.717, 1.165) is 19.5 Å². The van der Waals surface area contributed by atoms with Crippen molar-refractivity contribution in [3.05, 3.63) is 0 Å². The van der Waals surface area contributed by atoms with Crippen molar-refractivity contribution in [1.82, 2.24) is 4.90 Å². The van der Waals surface area contributed by atoms with E-state index in [-0.39, 0.29) is 34.0 Å². The van der Waals surface area contributed by atoms with Gasteiger partial charge in [0.15, 0.2) is 0 Å². The van der Waals surface area contributed by atoms with Crippen molar-refractivity contribution in [1.29, 1.82) is 0 Å². The largest absolute Gasteiger partial charge is 0.330 e. The van der Waals surface area contributed by atoms with Gasteiger partial charge in [-0.3, -0.25) is 0 Å². The molecular formula is C5H16Br2N2. The standard InChI is InChI=1S/C5H14N2.2BrH/c1-7(2)5-3-4-6;;/h3-6H2,1-2H3;2*1H. The molecule has 0 aliphatic carbocycles. The summed E-state index contributed by atoms with van der Waals surface area (Å²) in [5.41, 5.74) is 5.25. The van der Waals surface area contributed by atoms with Crippen LogP contribution in [0.1, 0.15) is 6.42 Å². The first-order valence-corrected chi connectivity index (χ1v) is 2.62. The zero-order valence-electron chi connectivity index (χ0n) is 5.96. The Morgan fingerprint density at radius 3 is 1.78 bits per heavy atom. The third-order valence-electron chi connectivity index (χ3n) is 0.809. The highest BCUT2D eigenvalue weighted by atomic mass is 79.9. The molecule has 9 heavy (non-hydrogen) atoms. The number of rotatable bonds is 3. The van der Waals surface area contributed by atoms with E-state index in [9.17, 15) is 0 Å². The minimum Gasteiger partial charge on any atom is -0.330 e. The Hall–Kier alpha value is 0.880. The van der Waals surface area contributed by atoms with Crippen LogP contribution in [0.4, 0.5) is 0 Å². The van der Waals surface area contributed by atoms with Gasteiger partial charge in [-0.05, 0) is 33.6 Å². The molecule has 0 radical (unpaired) electrons. The van der Waals surface area contributed by atoms with Crippen LogP contribution >= 0.6 is 34.0 Å². The molecule has 4 heteroatoms. The maximum Gasteiger partial charge on any atom is -0.00128 e. The van der Waals surface area contributed by atoms with Gasteiger partial charge in [0.1, 0.15) is 0 Å². The Bertz CT molecular complexity index is 41.9. The zero-order chi connectivity index (χ0) is 5.70. The number of hydrogen-bond acceptors (Lipinski definition) is 2. The Balaban J connectivity index is -0.000000180. The highest BCUT2D eigenvalue weighted by molar-refractivity contribution is 8.93. The van der Waals surface area contributed by atoms with Gasteiger partial charge in [-0.15, -0.1) is 34.0 Å². The van der Waals surface area contributed by atoms with Gasteiger partial charge < -0.3 is 10.6 Å². The lowest BCUT2D eigenvalue weighted by atomic mass is 10.4. The predicted molar refractivity (Wildman–Crippen MR) is 52.9 cm³/mol. The van der Waals surface area contributed by atoms with Crippen LogP contribution < -0.4 is 5.73 Å². The van der Waals surface area contributed by atoms with E-state index in [0.29, 0.717) is 0 Å². The molecule has 2 N–H and O–H groups in total. The first kappa shape index (κ1) is 16.5. The lowest BCUT2D eigenvalue weighted by molar-refractivity contribution is 0.403. The molecule has 0 amide bonds. The molecular weight excluding hydrogens is 248 g/mol. The van der Waals surface area contributed by atoms with Gasteiger partial charge in [-0.2, -0.15) is 0 Å². The summed E-state index contributed by atoms with van der Waals surface area (Å²) in [6, 6.07) is 0. The topological polar surface area (TPSA) is 29.3 Å². The van der Waals surface area contributed by atoms with E-state index in [1.165, 1.54) is 0 Å². The minimum atomic E-state index is 0. The molecule has 0 aliphatic rings. The molecule has 0 saturated heterocycles. The van der Waals surface area contributed by atoms with Crippen molar-refractivity contribution >= 4 is 34.0 Å².